The lowest BCUT2D eigenvalue weighted by Crippen LogP contribution is -2.27. The van der Waals surface area contributed by atoms with Gasteiger partial charge in [0.1, 0.15) is 5.75 Å². The van der Waals surface area contributed by atoms with Crippen LogP contribution >= 0.6 is 11.6 Å². The fraction of sp³-hybridized carbons (Fsp3) is 0.278. The molecule has 1 heterocycles. The highest BCUT2D eigenvalue weighted by molar-refractivity contribution is 6.33. The number of benzene rings is 2. The van der Waals surface area contributed by atoms with Gasteiger partial charge in [0, 0.05) is 24.8 Å². The number of halogens is 1. The fourth-order valence-electron chi connectivity index (χ4n) is 2.97. The molecule has 0 unspecified atom stereocenters. The normalized spacial score (nSPS) is 14.1. The molecule has 0 aromatic heterocycles. The zero-order valence-electron chi connectivity index (χ0n) is 13.7. The molecule has 0 saturated carbocycles. The number of nitrogens with one attached hydrogen (secondary N) is 1. The molecule has 2 aromatic carbocycles. The second-order valence-corrected chi connectivity index (χ2v) is 6.37. The van der Waals surface area contributed by atoms with E-state index >= 15 is 0 Å². The molecule has 2 aromatic rings. The van der Waals surface area contributed by atoms with Crippen molar-refractivity contribution in [3.8, 4) is 5.75 Å². The Hall–Kier alpha value is -2.24. The summed E-state index contributed by atoms with van der Waals surface area (Å²) in [5.74, 6) is 0.139. The van der Waals surface area contributed by atoms with Gasteiger partial charge in [0.2, 0.25) is 0 Å². The summed E-state index contributed by atoms with van der Waals surface area (Å²) in [6, 6.07) is 9.08. The molecule has 3 N–H and O–H groups in total. The highest BCUT2D eigenvalue weighted by Crippen LogP contribution is 2.31. The van der Waals surface area contributed by atoms with Crippen LogP contribution in [0.4, 0.5) is 11.4 Å². The number of carbonyl (C=O) groups excluding carboxylic acids is 1. The maximum Gasteiger partial charge on any atom is 0.259 e. The minimum atomic E-state index is -0.263. The molecular weight excluding hydrogens is 326 g/mol. The molecule has 0 bridgehead atoms. The average molecular weight is 346 g/mol. The molecule has 0 fully saturated rings. The SMILES string of the molecule is COc1cc(N)c(Cl)cc1C(=O)Nc1cccc2c1CCN(C)C2. The molecule has 126 valence electrons. The monoisotopic (exact) mass is 345 g/mol. The van der Waals surface area contributed by atoms with Gasteiger partial charge in [0.15, 0.2) is 0 Å². The van der Waals surface area contributed by atoms with E-state index in [1.165, 1.54) is 24.3 Å². The average Bonchev–Trinajstić information content (AvgIpc) is 2.56. The van der Waals surface area contributed by atoms with Gasteiger partial charge in [-0.25, -0.2) is 0 Å². The van der Waals surface area contributed by atoms with E-state index in [-0.39, 0.29) is 5.91 Å². The molecule has 0 atom stereocenters. The lowest BCUT2D eigenvalue weighted by Gasteiger charge is -2.26. The van der Waals surface area contributed by atoms with Crippen molar-refractivity contribution < 1.29 is 9.53 Å². The van der Waals surface area contributed by atoms with Gasteiger partial charge < -0.3 is 20.7 Å². The van der Waals surface area contributed by atoms with Crippen LogP contribution in [0.15, 0.2) is 30.3 Å². The first kappa shape index (κ1) is 16.6. The van der Waals surface area contributed by atoms with Crippen molar-refractivity contribution in [1.29, 1.82) is 0 Å². The minimum absolute atomic E-state index is 0.263. The maximum absolute atomic E-state index is 12.7. The number of ether oxygens (including phenoxy) is 1. The third-order valence-electron chi connectivity index (χ3n) is 4.27. The van der Waals surface area contributed by atoms with Crippen LogP contribution in [0, 0.1) is 0 Å². The summed E-state index contributed by atoms with van der Waals surface area (Å²) in [7, 11) is 3.59. The minimum Gasteiger partial charge on any atom is -0.496 e. The third kappa shape index (κ3) is 3.18. The Morgan fingerprint density at radius 1 is 1.38 bits per heavy atom. The van der Waals surface area contributed by atoms with Gasteiger partial charge in [-0.05, 0) is 36.7 Å². The lowest BCUT2D eigenvalue weighted by molar-refractivity contribution is 0.102. The summed E-state index contributed by atoms with van der Waals surface area (Å²) in [4.78, 5) is 15.0. The van der Waals surface area contributed by atoms with Crippen molar-refractivity contribution in [3.05, 3.63) is 52.0 Å². The van der Waals surface area contributed by atoms with Crippen LogP contribution in [0.2, 0.25) is 5.02 Å². The van der Waals surface area contributed by atoms with Gasteiger partial charge >= 0.3 is 0 Å². The molecule has 6 heteroatoms. The largest absolute Gasteiger partial charge is 0.496 e. The zero-order chi connectivity index (χ0) is 17.3. The molecule has 1 aliphatic rings. The van der Waals surface area contributed by atoms with Crippen LogP contribution in [-0.4, -0.2) is 31.5 Å². The predicted molar refractivity (Wildman–Crippen MR) is 96.8 cm³/mol. The number of methoxy groups -OCH3 is 1. The van der Waals surface area contributed by atoms with E-state index in [9.17, 15) is 4.79 Å². The first-order valence-corrected chi connectivity index (χ1v) is 8.11. The number of carbonyl (C=O) groups is 1. The summed E-state index contributed by atoms with van der Waals surface area (Å²) in [6.45, 7) is 1.85. The van der Waals surface area contributed by atoms with E-state index in [2.05, 4.69) is 23.3 Å². The quantitative estimate of drug-likeness (QED) is 0.838. The first-order chi connectivity index (χ1) is 11.5. The molecule has 24 heavy (non-hydrogen) atoms. The number of amides is 1. The van der Waals surface area contributed by atoms with Crippen LogP contribution in [-0.2, 0) is 13.0 Å². The molecule has 5 nitrogen and oxygen atoms in total. The Labute approximate surface area is 146 Å². The molecule has 0 saturated heterocycles. The summed E-state index contributed by atoms with van der Waals surface area (Å²) < 4.78 is 5.26. The van der Waals surface area contributed by atoms with E-state index in [0.717, 1.165) is 25.2 Å². The number of nitrogens with two attached hydrogens (primary N) is 1. The number of rotatable bonds is 3. The Bertz CT molecular complexity index is 792. The van der Waals surface area contributed by atoms with E-state index in [0.29, 0.717) is 22.0 Å². The molecule has 1 amide bonds. The molecule has 3 rings (SSSR count). The van der Waals surface area contributed by atoms with Crippen LogP contribution in [0.25, 0.3) is 0 Å². The van der Waals surface area contributed by atoms with Gasteiger partial charge in [-0.2, -0.15) is 0 Å². The van der Waals surface area contributed by atoms with Gasteiger partial charge in [0.25, 0.3) is 5.91 Å². The molecule has 0 radical (unpaired) electrons. The zero-order valence-corrected chi connectivity index (χ0v) is 14.5. The second-order valence-electron chi connectivity index (χ2n) is 5.96. The molecule has 1 aliphatic heterocycles. The van der Waals surface area contributed by atoms with E-state index in [4.69, 9.17) is 22.1 Å². The Morgan fingerprint density at radius 2 is 2.17 bits per heavy atom. The Balaban J connectivity index is 1.91. The highest BCUT2D eigenvalue weighted by Gasteiger charge is 2.20. The van der Waals surface area contributed by atoms with E-state index in [1.807, 2.05) is 12.1 Å². The number of nitrogen functional groups attached to an aromatic ring is 1. The number of fused-ring (bicyclic) bond motifs is 1. The van der Waals surface area contributed by atoms with Gasteiger partial charge in [-0.1, -0.05) is 23.7 Å². The van der Waals surface area contributed by atoms with Crippen molar-refractivity contribution in [2.45, 2.75) is 13.0 Å². The number of nitrogens with zero attached hydrogens (tertiary/aromatic N) is 1. The lowest BCUT2D eigenvalue weighted by atomic mass is 9.98. The summed E-state index contributed by atoms with van der Waals surface area (Å²) in [6.07, 6.45) is 0.905. The topological polar surface area (TPSA) is 67.6 Å². The molecule has 0 aliphatic carbocycles. The molecular formula is C18H20ClN3O2. The standard InChI is InChI=1S/C18H20ClN3O2/c1-22-7-6-12-11(10-22)4-3-5-16(12)21-18(23)13-8-14(19)15(20)9-17(13)24-2/h3-5,8-9H,6-7,10,20H2,1-2H3,(H,21,23). The Morgan fingerprint density at radius 3 is 2.92 bits per heavy atom. The Kier molecular flexibility index (Phi) is 4.64. The number of anilines is 2. The third-order valence-corrected chi connectivity index (χ3v) is 4.60. The first-order valence-electron chi connectivity index (χ1n) is 7.73. The second kappa shape index (κ2) is 6.71. The van der Waals surface area contributed by atoms with Crippen molar-refractivity contribution in [2.75, 3.05) is 31.8 Å². The summed E-state index contributed by atoms with van der Waals surface area (Å²) >= 11 is 6.06. The summed E-state index contributed by atoms with van der Waals surface area (Å²) in [5, 5.41) is 3.32. The van der Waals surface area contributed by atoms with E-state index < -0.39 is 0 Å². The number of likely N-dealkylation sites (N-methyl/N-ethyl adjacent to an activating group) is 1. The van der Waals surface area contributed by atoms with Crippen LogP contribution in [0.5, 0.6) is 5.75 Å². The smallest absolute Gasteiger partial charge is 0.259 e. The van der Waals surface area contributed by atoms with Crippen molar-refractivity contribution in [3.63, 3.8) is 0 Å². The van der Waals surface area contributed by atoms with Gasteiger partial charge in [-0.3, -0.25) is 4.79 Å². The predicted octanol–water partition coefficient (Wildman–Crippen LogP) is 3.17. The summed E-state index contributed by atoms with van der Waals surface area (Å²) in [5.41, 5.74) is 9.77. The maximum atomic E-state index is 12.7. The van der Waals surface area contributed by atoms with Gasteiger partial charge in [-0.15, -0.1) is 0 Å². The fourth-order valence-corrected chi connectivity index (χ4v) is 3.14. The van der Waals surface area contributed by atoms with E-state index in [1.54, 1.807) is 6.07 Å². The van der Waals surface area contributed by atoms with Crippen LogP contribution < -0.4 is 15.8 Å². The number of hydrogen-bond donors (Lipinski definition) is 2. The number of hydrogen-bond acceptors (Lipinski definition) is 4. The van der Waals surface area contributed by atoms with Gasteiger partial charge in [0.05, 0.1) is 23.4 Å². The van der Waals surface area contributed by atoms with Crippen LogP contribution in [0.3, 0.4) is 0 Å². The van der Waals surface area contributed by atoms with Crippen molar-refractivity contribution >= 4 is 28.9 Å². The van der Waals surface area contributed by atoms with Crippen molar-refractivity contribution in [2.24, 2.45) is 0 Å². The van der Waals surface area contributed by atoms with Crippen molar-refractivity contribution in [1.82, 2.24) is 4.90 Å². The molecule has 0 spiro atoms. The van der Waals surface area contributed by atoms with Crippen LogP contribution in [0.1, 0.15) is 21.5 Å². The highest BCUT2D eigenvalue weighted by atomic mass is 35.5.